The van der Waals surface area contributed by atoms with E-state index in [0.717, 1.165) is 23.1 Å². The second-order valence-corrected chi connectivity index (χ2v) is 15.3. The molecule has 2 N–H and O–H groups in total. The summed E-state index contributed by atoms with van der Waals surface area (Å²) in [5, 5.41) is 13.2. The van der Waals surface area contributed by atoms with Crippen LogP contribution in [-0.2, 0) is 41.6 Å². The maximum atomic E-state index is 15.7. The van der Waals surface area contributed by atoms with E-state index in [9.17, 15) is 27.9 Å². The number of hydrogen-bond donors (Lipinski definition) is 2. The van der Waals surface area contributed by atoms with E-state index in [2.05, 4.69) is 15.3 Å². The quantitative estimate of drug-likeness (QED) is 0.122. The lowest BCUT2D eigenvalue weighted by molar-refractivity contribution is -0.144. The number of nitrogens with zero attached hydrogens (tertiary/aromatic N) is 2. The molecule has 0 unspecified atom stereocenters. The van der Waals surface area contributed by atoms with Crippen molar-refractivity contribution in [2.75, 3.05) is 20.8 Å². The molecule has 0 aliphatic heterocycles. The van der Waals surface area contributed by atoms with E-state index in [1.165, 1.54) is 20.3 Å². The molecular weight excluding hydrogens is 738 g/mol. The lowest BCUT2D eigenvalue weighted by atomic mass is 9.90. The molecule has 1 heterocycles. The van der Waals surface area contributed by atoms with Gasteiger partial charge in [0.1, 0.15) is 23.0 Å². The number of ether oxygens (including phenoxy) is 2. The number of carbonyl (C=O) groups is 2. The number of aryl methyl sites for hydroxylation is 1. The molecule has 8 nitrogen and oxygen atoms in total. The summed E-state index contributed by atoms with van der Waals surface area (Å²) in [4.78, 5) is 31.7. The largest absolute Gasteiger partial charge is 0.496 e. The number of methoxy groups -OCH3 is 2. The number of nitrogens with one attached hydrogen (secondary N) is 1. The highest BCUT2D eigenvalue weighted by molar-refractivity contribution is 6.36. The van der Waals surface area contributed by atoms with Gasteiger partial charge >= 0.3 is 12.1 Å². The average molecular weight is 780 g/mol. The first-order valence-corrected chi connectivity index (χ1v) is 18.9. The fourth-order valence-electron chi connectivity index (χ4n) is 8.25. The fourth-order valence-corrected chi connectivity index (χ4v) is 8.59. The smallest absolute Gasteiger partial charge is 0.435 e. The molecule has 3 aliphatic rings. The number of benzene rings is 3. The van der Waals surface area contributed by atoms with Gasteiger partial charge in [-0.15, -0.1) is 0 Å². The highest BCUT2D eigenvalue weighted by Gasteiger charge is 2.50. The second kappa shape index (κ2) is 15.5. The van der Waals surface area contributed by atoms with Crippen molar-refractivity contribution in [3.05, 3.63) is 93.1 Å². The van der Waals surface area contributed by atoms with Crippen molar-refractivity contribution in [3.63, 3.8) is 0 Å². The minimum Gasteiger partial charge on any atom is -0.496 e. The predicted octanol–water partition coefficient (Wildman–Crippen LogP) is 9.17. The number of rotatable bonds is 14. The summed E-state index contributed by atoms with van der Waals surface area (Å²) < 4.78 is 70.1. The standard InChI is InChI=1S/C42H42ClF4N3O5/c1-54-36-20-25(18-33(44)32(36)22-48-21-23-9-11-26(51)17-23)28-6-4-8-31(37(28)43)29-7-3-5-27-24(10-12-30(27)29)19-35-38(42(45,46)47)49-34(39(50-35)55-2)13-14-41(15-16-41)40(52)53/h3-8,18,20,23-24,48H,9-17,19,21-22H2,1-2H3,(H,52,53)/t23-,24-/m1/s1. The normalized spacial score (nSPS) is 18.7. The zero-order chi connectivity index (χ0) is 39.1. The maximum absolute atomic E-state index is 15.7. The van der Waals surface area contributed by atoms with E-state index in [-0.39, 0.29) is 60.7 Å². The number of fused-ring (bicyclic) bond motifs is 1. The fraction of sp³-hybridized carbons (Fsp3) is 0.429. The van der Waals surface area contributed by atoms with Gasteiger partial charge in [0, 0.05) is 36.1 Å². The number of carboxylic acids is 1. The number of ketones is 1. The summed E-state index contributed by atoms with van der Waals surface area (Å²) >= 11 is 7.10. The zero-order valence-corrected chi connectivity index (χ0v) is 31.4. The van der Waals surface area contributed by atoms with Gasteiger partial charge in [-0.3, -0.25) is 9.59 Å². The van der Waals surface area contributed by atoms with E-state index in [1.54, 1.807) is 6.07 Å². The Kier molecular flexibility index (Phi) is 10.9. The summed E-state index contributed by atoms with van der Waals surface area (Å²) in [5.74, 6) is -0.856. The molecule has 0 bridgehead atoms. The third kappa shape index (κ3) is 7.94. The molecule has 0 saturated heterocycles. The molecule has 3 aromatic carbocycles. The summed E-state index contributed by atoms with van der Waals surface area (Å²) in [6.07, 6.45) is -0.554. The van der Waals surface area contributed by atoms with Crippen LogP contribution in [0.25, 0.3) is 22.3 Å². The van der Waals surface area contributed by atoms with Gasteiger partial charge < -0.3 is 19.9 Å². The number of hydrogen-bond acceptors (Lipinski definition) is 7. The molecule has 13 heteroatoms. The van der Waals surface area contributed by atoms with E-state index < -0.39 is 29.1 Å². The average Bonchev–Trinajstić information content (AvgIpc) is 3.68. The third-order valence-electron chi connectivity index (χ3n) is 11.5. The number of alkyl halides is 3. The molecule has 4 aromatic rings. The van der Waals surface area contributed by atoms with Gasteiger partial charge in [0.2, 0.25) is 5.88 Å². The second-order valence-electron chi connectivity index (χ2n) is 15.0. The number of carboxylic acid groups (broad SMARTS) is 1. The molecule has 2 atom stereocenters. The molecule has 55 heavy (non-hydrogen) atoms. The molecule has 290 valence electrons. The van der Waals surface area contributed by atoms with Crippen LogP contribution < -0.4 is 14.8 Å². The number of aromatic nitrogens is 2. The molecule has 2 fully saturated rings. The Balaban J connectivity index is 1.14. The first-order chi connectivity index (χ1) is 26.3. The number of carbonyl (C=O) groups excluding carboxylic acids is 1. The predicted molar refractivity (Wildman–Crippen MR) is 199 cm³/mol. The van der Waals surface area contributed by atoms with Crippen LogP contribution in [0.5, 0.6) is 11.6 Å². The molecular formula is C42H42ClF4N3O5. The monoisotopic (exact) mass is 779 g/mol. The van der Waals surface area contributed by atoms with Gasteiger partial charge in [0.05, 0.1) is 30.4 Å². The van der Waals surface area contributed by atoms with Crippen molar-refractivity contribution in [1.29, 1.82) is 0 Å². The van der Waals surface area contributed by atoms with Gasteiger partial charge in [-0.25, -0.2) is 14.4 Å². The van der Waals surface area contributed by atoms with Gasteiger partial charge in [0.25, 0.3) is 0 Å². The van der Waals surface area contributed by atoms with Crippen LogP contribution in [0.4, 0.5) is 17.6 Å². The van der Waals surface area contributed by atoms with E-state index >= 15 is 4.39 Å². The summed E-state index contributed by atoms with van der Waals surface area (Å²) in [6.45, 7) is 0.853. The lowest BCUT2D eigenvalue weighted by Crippen LogP contribution is -2.22. The minimum atomic E-state index is -4.78. The number of aliphatic carboxylic acids is 1. The summed E-state index contributed by atoms with van der Waals surface area (Å²) in [5.41, 5.74) is 2.68. The Morgan fingerprint density at radius 2 is 1.75 bits per heavy atom. The summed E-state index contributed by atoms with van der Waals surface area (Å²) in [6, 6.07) is 14.4. The van der Waals surface area contributed by atoms with Crippen LogP contribution in [0, 0.1) is 17.2 Å². The summed E-state index contributed by atoms with van der Waals surface area (Å²) in [7, 11) is 2.81. The van der Waals surface area contributed by atoms with Gasteiger partial charge in [-0.1, -0.05) is 48.0 Å². The lowest BCUT2D eigenvalue weighted by Gasteiger charge is -2.19. The Morgan fingerprint density at radius 3 is 2.42 bits per heavy atom. The number of Topliss-reactive ketones (excluding diaryl/α,β-unsaturated/α-hetero) is 1. The first kappa shape index (κ1) is 38.7. The first-order valence-electron chi connectivity index (χ1n) is 18.6. The van der Waals surface area contributed by atoms with Crippen molar-refractivity contribution in [2.45, 2.75) is 82.8 Å². The number of halogens is 5. The van der Waals surface area contributed by atoms with Gasteiger partial charge in [0.15, 0.2) is 5.69 Å². The molecule has 0 amide bonds. The van der Waals surface area contributed by atoms with Gasteiger partial charge in [-0.2, -0.15) is 13.2 Å². The van der Waals surface area contributed by atoms with Crippen LogP contribution >= 0.6 is 11.6 Å². The Bertz CT molecular complexity index is 2140. The van der Waals surface area contributed by atoms with Crippen molar-refractivity contribution >= 4 is 23.4 Å². The van der Waals surface area contributed by atoms with Crippen LogP contribution in [0.3, 0.4) is 0 Å². The van der Waals surface area contributed by atoms with Crippen LogP contribution in [0.2, 0.25) is 5.02 Å². The van der Waals surface area contributed by atoms with E-state index in [4.69, 9.17) is 21.1 Å². The van der Waals surface area contributed by atoms with Crippen LogP contribution in [0.15, 0.2) is 48.5 Å². The van der Waals surface area contributed by atoms with Crippen LogP contribution in [0.1, 0.15) is 84.6 Å². The molecule has 2 saturated carbocycles. The molecule has 1 aromatic heterocycles. The molecule has 0 spiro atoms. The van der Waals surface area contributed by atoms with Crippen molar-refractivity contribution in [1.82, 2.24) is 15.3 Å². The third-order valence-corrected chi connectivity index (χ3v) is 11.9. The zero-order valence-electron chi connectivity index (χ0n) is 30.6. The van der Waals surface area contributed by atoms with Crippen molar-refractivity contribution in [2.24, 2.45) is 11.3 Å². The Hall–Kier alpha value is -4.55. The van der Waals surface area contributed by atoms with Crippen molar-refractivity contribution in [3.8, 4) is 33.9 Å². The Labute approximate surface area is 321 Å². The maximum Gasteiger partial charge on any atom is 0.435 e. The SMILES string of the molecule is COc1cc(-c2cccc(-c3cccc4c3CC[C@@H]4Cc3nc(OC)c(CCC4(C(=O)O)CC4)nc3C(F)(F)F)c2Cl)cc(F)c1CNC[C@@H]1CCC(=O)C1. The highest BCUT2D eigenvalue weighted by atomic mass is 35.5. The van der Waals surface area contributed by atoms with Crippen LogP contribution in [-0.4, -0.2) is 47.6 Å². The van der Waals surface area contributed by atoms with E-state index in [1.807, 2.05) is 36.4 Å². The van der Waals surface area contributed by atoms with E-state index in [0.29, 0.717) is 78.1 Å². The molecule has 7 rings (SSSR count). The molecule has 0 radical (unpaired) electrons. The van der Waals surface area contributed by atoms with Crippen molar-refractivity contribution < 1.29 is 41.7 Å². The highest BCUT2D eigenvalue weighted by Crippen LogP contribution is 2.50. The Morgan fingerprint density at radius 1 is 1.00 bits per heavy atom. The van der Waals surface area contributed by atoms with Gasteiger partial charge in [-0.05, 0) is 104 Å². The molecule has 3 aliphatic carbocycles. The topological polar surface area (TPSA) is 111 Å². The minimum absolute atomic E-state index is 0.00315.